The summed E-state index contributed by atoms with van der Waals surface area (Å²) in [6.07, 6.45) is 0. The van der Waals surface area contributed by atoms with Crippen molar-refractivity contribution in [2.75, 3.05) is 12.8 Å². The second-order valence-electron chi connectivity index (χ2n) is 4.14. The highest BCUT2D eigenvalue weighted by Crippen LogP contribution is 2.25. The van der Waals surface area contributed by atoms with Crippen LogP contribution in [-0.2, 0) is 0 Å². The summed E-state index contributed by atoms with van der Waals surface area (Å²) in [5.74, 6) is 0.256. The number of nitrogen functional groups attached to an aromatic ring is 1. The summed E-state index contributed by atoms with van der Waals surface area (Å²) in [5.41, 5.74) is 6.65. The van der Waals surface area contributed by atoms with Gasteiger partial charge in [0.2, 0.25) is 0 Å². The van der Waals surface area contributed by atoms with Gasteiger partial charge in [0, 0.05) is 10.6 Å². The third kappa shape index (κ3) is 2.88. The second kappa shape index (κ2) is 5.75. The Morgan fingerprint density at radius 1 is 1.37 bits per heavy atom. The lowest BCUT2D eigenvalue weighted by Gasteiger charge is -2.15. The van der Waals surface area contributed by atoms with Crippen LogP contribution in [0.3, 0.4) is 0 Å². The summed E-state index contributed by atoms with van der Waals surface area (Å²) in [6, 6.07) is 9.06. The molecule has 19 heavy (non-hydrogen) atoms. The Morgan fingerprint density at radius 3 is 2.79 bits per heavy atom. The topological polar surface area (TPSA) is 64.3 Å². The Kier molecular flexibility index (Phi) is 4.06. The summed E-state index contributed by atoms with van der Waals surface area (Å²) in [6.45, 7) is 1.94. The SMILES string of the molecule is COc1cccc(N)c1C(=O)NC(C)c1cccs1. The van der Waals surface area contributed by atoms with Crippen molar-refractivity contribution in [3.05, 3.63) is 46.2 Å². The largest absolute Gasteiger partial charge is 0.496 e. The van der Waals surface area contributed by atoms with E-state index in [2.05, 4.69) is 5.32 Å². The Balaban J connectivity index is 2.21. The van der Waals surface area contributed by atoms with Gasteiger partial charge in [-0.25, -0.2) is 0 Å². The van der Waals surface area contributed by atoms with Gasteiger partial charge >= 0.3 is 0 Å². The number of ether oxygens (including phenoxy) is 1. The van der Waals surface area contributed by atoms with Crippen LogP contribution in [0.15, 0.2) is 35.7 Å². The van der Waals surface area contributed by atoms with Crippen LogP contribution < -0.4 is 15.8 Å². The molecule has 100 valence electrons. The van der Waals surface area contributed by atoms with Crippen molar-refractivity contribution in [2.45, 2.75) is 13.0 Å². The van der Waals surface area contributed by atoms with E-state index in [0.717, 1.165) is 4.88 Å². The lowest BCUT2D eigenvalue weighted by molar-refractivity contribution is 0.0938. The first-order valence-corrected chi connectivity index (χ1v) is 6.78. The lowest BCUT2D eigenvalue weighted by atomic mass is 10.1. The first-order valence-electron chi connectivity index (χ1n) is 5.90. The molecule has 0 aliphatic rings. The molecule has 1 atom stereocenters. The van der Waals surface area contributed by atoms with Crippen molar-refractivity contribution in [2.24, 2.45) is 0 Å². The summed E-state index contributed by atoms with van der Waals surface area (Å²) in [7, 11) is 1.52. The van der Waals surface area contributed by atoms with E-state index in [1.165, 1.54) is 7.11 Å². The molecule has 3 N–H and O–H groups in total. The highest BCUT2D eigenvalue weighted by atomic mass is 32.1. The number of carbonyl (C=O) groups excluding carboxylic acids is 1. The maximum absolute atomic E-state index is 12.3. The van der Waals surface area contributed by atoms with Crippen LogP contribution in [-0.4, -0.2) is 13.0 Å². The van der Waals surface area contributed by atoms with E-state index in [4.69, 9.17) is 10.5 Å². The molecule has 2 aromatic rings. The van der Waals surface area contributed by atoms with Crippen LogP contribution >= 0.6 is 11.3 Å². The summed E-state index contributed by atoms with van der Waals surface area (Å²) in [5, 5.41) is 4.91. The van der Waals surface area contributed by atoms with Gasteiger partial charge in [0.05, 0.1) is 13.2 Å². The van der Waals surface area contributed by atoms with E-state index in [1.807, 2.05) is 24.4 Å². The molecule has 0 fully saturated rings. The van der Waals surface area contributed by atoms with E-state index in [-0.39, 0.29) is 11.9 Å². The van der Waals surface area contributed by atoms with Gasteiger partial charge in [0.1, 0.15) is 11.3 Å². The molecule has 1 aromatic heterocycles. The summed E-state index contributed by atoms with van der Waals surface area (Å²) in [4.78, 5) is 13.4. The molecule has 1 unspecified atom stereocenters. The standard InChI is InChI=1S/C14H16N2O2S/c1-9(12-7-4-8-19-12)16-14(17)13-10(15)5-3-6-11(13)18-2/h3-9H,15H2,1-2H3,(H,16,17). The van der Waals surface area contributed by atoms with Crippen molar-refractivity contribution >= 4 is 22.9 Å². The van der Waals surface area contributed by atoms with Crippen molar-refractivity contribution in [3.63, 3.8) is 0 Å². The fourth-order valence-corrected chi connectivity index (χ4v) is 2.57. The number of hydrogen-bond donors (Lipinski definition) is 2. The molecule has 2 rings (SSSR count). The fourth-order valence-electron chi connectivity index (χ4n) is 1.84. The van der Waals surface area contributed by atoms with Gasteiger partial charge in [-0.1, -0.05) is 12.1 Å². The number of anilines is 1. The van der Waals surface area contributed by atoms with Gasteiger partial charge in [-0.05, 0) is 30.5 Å². The van der Waals surface area contributed by atoms with E-state index in [1.54, 1.807) is 29.5 Å². The Bertz CT molecular complexity index is 567. The minimum absolute atomic E-state index is 0.0585. The first kappa shape index (κ1) is 13.4. The van der Waals surface area contributed by atoms with E-state index in [9.17, 15) is 4.79 Å². The molecule has 0 spiro atoms. The molecule has 1 amide bonds. The van der Waals surface area contributed by atoms with Gasteiger partial charge in [-0.15, -0.1) is 11.3 Å². The molecule has 0 radical (unpaired) electrons. The van der Waals surface area contributed by atoms with E-state index >= 15 is 0 Å². The van der Waals surface area contributed by atoms with Gasteiger partial charge < -0.3 is 15.8 Å². The van der Waals surface area contributed by atoms with Gasteiger partial charge in [-0.3, -0.25) is 4.79 Å². The fraction of sp³-hybridized carbons (Fsp3) is 0.214. The zero-order valence-corrected chi connectivity index (χ0v) is 11.7. The molecule has 0 saturated heterocycles. The number of nitrogens with two attached hydrogens (primary N) is 1. The monoisotopic (exact) mass is 276 g/mol. The maximum Gasteiger partial charge on any atom is 0.257 e. The molecule has 0 aliphatic carbocycles. The quantitative estimate of drug-likeness (QED) is 0.844. The molecule has 5 heteroatoms. The highest BCUT2D eigenvalue weighted by molar-refractivity contribution is 7.10. The molecule has 1 aromatic carbocycles. The van der Waals surface area contributed by atoms with Gasteiger partial charge in [0.15, 0.2) is 0 Å². The third-order valence-electron chi connectivity index (χ3n) is 2.82. The number of methoxy groups -OCH3 is 1. The van der Waals surface area contributed by atoms with Crippen molar-refractivity contribution in [3.8, 4) is 5.75 Å². The molecule has 4 nitrogen and oxygen atoms in total. The minimum atomic E-state index is -0.226. The summed E-state index contributed by atoms with van der Waals surface area (Å²) < 4.78 is 5.18. The number of benzene rings is 1. The zero-order chi connectivity index (χ0) is 13.8. The maximum atomic E-state index is 12.3. The minimum Gasteiger partial charge on any atom is -0.496 e. The van der Waals surface area contributed by atoms with Gasteiger partial charge in [0.25, 0.3) is 5.91 Å². The zero-order valence-electron chi connectivity index (χ0n) is 10.8. The third-order valence-corrected chi connectivity index (χ3v) is 3.88. The van der Waals surface area contributed by atoms with Crippen molar-refractivity contribution in [1.82, 2.24) is 5.32 Å². The predicted octanol–water partition coefficient (Wildman–Crippen LogP) is 2.83. The van der Waals surface area contributed by atoms with Crippen molar-refractivity contribution < 1.29 is 9.53 Å². The molecular formula is C14H16N2O2S. The summed E-state index contributed by atoms with van der Waals surface area (Å²) >= 11 is 1.61. The number of rotatable bonds is 4. The van der Waals surface area contributed by atoms with Crippen LogP contribution in [0.4, 0.5) is 5.69 Å². The molecule has 0 saturated carbocycles. The second-order valence-corrected chi connectivity index (χ2v) is 5.11. The number of nitrogens with one attached hydrogen (secondary N) is 1. The van der Waals surface area contributed by atoms with E-state index < -0.39 is 0 Å². The van der Waals surface area contributed by atoms with Crippen LogP contribution in [0.2, 0.25) is 0 Å². The molecule has 0 bridgehead atoms. The molecule has 0 aliphatic heterocycles. The van der Waals surface area contributed by atoms with Crippen LogP contribution in [0.1, 0.15) is 28.2 Å². The number of carbonyl (C=O) groups is 1. The average Bonchev–Trinajstić information content (AvgIpc) is 2.92. The predicted molar refractivity (Wildman–Crippen MR) is 77.6 cm³/mol. The number of thiophene rings is 1. The van der Waals surface area contributed by atoms with Crippen molar-refractivity contribution in [1.29, 1.82) is 0 Å². The lowest BCUT2D eigenvalue weighted by Crippen LogP contribution is -2.27. The van der Waals surface area contributed by atoms with Gasteiger partial charge in [-0.2, -0.15) is 0 Å². The Hall–Kier alpha value is -2.01. The molecule has 1 heterocycles. The molecular weight excluding hydrogens is 260 g/mol. The van der Waals surface area contributed by atoms with Crippen LogP contribution in [0, 0.1) is 0 Å². The van der Waals surface area contributed by atoms with Crippen LogP contribution in [0.5, 0.6) is 5.75 Å². The first-order chi connectivity index (χ1) is 9.13. The smallest absolute Gasteiger partial charge is 0.257 e. The number of hydrogen-bond acceptors (Lipinski definition) is 4. The Labute approximate surface area is 116 Å². The Morgan fingerprint density at radius 2 is 2.16 bits per heavy atom. The highest BCUT2D eigenvalue weighted by Gasteiger charge is 2.18. The number of amides is 1. The normalized spacial score (nSPS) is 11.9. The average molecular weight is 276 g/mol. The van der Waals surface area contributed by atoms with E-state index in [0.29, 0.717) is 17.0 Å². The van der Waals surface area contributed by atoms with Crippen LogP contribution in [0.25, 0.3) is 0 Å².